The lowest BCUT2D eigenvalue weighted by Gasteiger charge is -2.06. The Morgan fingerprint density at radius 1 is 1.30 bits per heavy atom. The first kappa shape index (κ1) is 19.2. The lowest BCUT2D eigenvalue weighted by atomic mass is 10.2. The van der Waals surface area contributed by atoms with Crippen molar-refractivity contribution in [2.75, 3.05) is 18.8 Å². The van der Waals surface area contributed by atoms with Gasteiger partial charge in [-0.2, -0.15) is 0 Å². The summed E-state index contributed by atoms with van der Waals surface area (Å²) in [6, 6.07) is -0.297. The zero-order valence-corrected chi connectivity index (χ0v) is 14.8. The molecule has 8 heteroatoms. The molecule has 1 heterocycles. The number of carbonyl (C=O) groups excluding carboxylic acids is 1. The summed E-state index contributed by atoms with van der Waals surface area (Å²) < 4.78 is 0. The molecule has 0 radical (unpaired) electrons. The zero-order valence-electron chi connectivity index (χ0n) is 14.0. The van der Waals surface area contributed by atoms with Gasteiger partial charge in [0.25, 0.3) is 0 Å². The maximum Gasteiger partial charge on any atom is 0.321 e. The summed E-state index contributed by atoms with van der Waals surface area (Å²) in [5, 5.41) is 5.90. The summed E-state index contributed by atoms with van der Waals surface area (Å²) >= 11 is 1.51. The van der Waals surface area contributed by atoms with Crippen molar-refractivity contribution in [2.24, 2.45) is 10.7 Å². The highest BCUT2D eigenvalue weighted by atomic mass is 32.1. The van der Waals surface area contributed by atoms with Crippen molar-refractivity contribution in [3.63, 3.8) is 0 Å². The van der Waals surface area contributed by atoms with Crippen molar-refractivity contribution in [2.45, 2.75) is 52.4 Å². The van der Waals surface area contributed by atoms with Crippen LogP contribution in [0.15, 0.2) is 4.99 Å². The molecule has 0 aromatic carbocycles. The molecule has 1 rings (SSSR count). The number of urea groups is 1. The van der Waals surface area contributed by atoms with Gasteiger partial charge in [0, 0.05) is 18.0 Å². The van der Waals surface area contributed by atoms with Gasteiger partial charge >= 0.3 is 6.03 Å². The van der Waals surface area contributed by atoms with E-state index >= 15 is 0 Å². The Bertz CT molecular complexity index is 514. The Hall–Kier alpha value is -1.83. The van der Waals surface area contributed by atoms with Crippen molar-refractivity contribution < 1.29 is 4.79 Å². The van der Waals surface area contributed by atoms with Crippen LogP contribution in [0, 0.1) is 6.92 Å². The van der Waals surface area contributed by atoms with Crippen molar-refractivity contribution in [1.82, 2.24) is 15.6 Å². The Balaban J connectivity index is 2.16. The Labute approximate surface area is 142 Å². The summed E-state index contributed by atoms with van der Waals surface area (Å²) in [4.78, 5) is 21.1. The van der Waals surface area contributed by atoms with E-state index < -0.39 is 0 Å². The highest BCUT2D eigenvalue weighted by Gasteiger charge is 2.05. The van der Waals surface area contributed by atoms with Crippen molar-refractivity contribution in [3.8, 4) is 0 Å². The van der Waals surface area contributed by atoms with Gasteiger partial charge < -0.3 is 16.8 Å². The van der Waals surface area contributed by atoms with Crippen molar-refractivity contribution >= 4 is 28.5 Å². The van der Waals surface area contributed by atoms with Crippen LogP contribution in [-0.2, 0) is 6.42 Å². The van der Waals surface area contributed by atoms with Gasteiger partial charge in [0.1, 0.15) is 0 Å². The predicted octanol–water partition coefficient (Wildman–Crippen LogP) is 2.16. The fourth-order valence-corrected chi connectivity index (χ4v) is 2.95. The molecule has 130 valence electrons. The highest BCUT2D eigenvalue weighted by molar-refractivity contribution is 7.15. The molecule has 0 aliphatic rings. The van der Waals surface area contributed by atoms with E-state index in [1.165, 1.54) is 29.1 Å². The number of amides is 2. The maximum atomic E-state index is 11.6. The van der Waals surface area contributed by atoms with Crippen LogP contribution >= 0.6 is 11.3 Å². The third-order valence-corrected chi connectivity index (χ3v) is 4.36. The Morgan fingerprint density at radius 3 is 2.74 bits per heavy atom. The van der Waals surface area contributed by atoms with Crippen molar-refractivity contribution in [3.05, 3.63) is 10.6 Å². The molecule has 6 N–H and O–H groups in total. The van der Waals surface area contributed by atoms with Gasteiger partial charge in [-0.25, -0.2) is 9.78 Å². The van der Waals surface area contributed by atoms with Crippen LogP contribution in [-0.4, -0.2) is 30.1 Å². The van der Waals surface area contributed by atoms with Gasteiger partial charge in [0.2, 0.25) is 0 Å². The van der Waals surface area contributed by atoms with Crippen LogP contribution in [0.3, 0.4) is 0 Å². The number of nitrogens with one attached hydrogen (secondary N) is 2. The van der Waals surface area contributed by atoms with Crippen LogP contribution in [0.1, 0.15) is 49.6 Å². The van der Waals surface area contributed by atoms with Gasteiger partial charge in [-0.3, -0.25) is 10.3 Å². The third-order valence-electron chi connectivity index (χ3n) is 3.31. The second kappa shape index (κ2) is 10.8. The molecule has 1 aromatic rings. The molecule has 0 saturated heterocycles. The van der Waals surface area contributed by atoms with E-state index in [1.54, 1.807) is 0 Å². The van der Waals surface area contributed by atoms with E-state index in [9.17, 15) is 4.79 Å². The number of aryl methyl sites for hydroxylation is 2. The summed E-state index contributed by atoms with van der Waals surface area (Å²) in [7, 11) is 0. The third kappa shape index (κ3) is 8.39. The first-order valence-corrected chi connectivity index (χ1v) is 8.91. The van der Waals surface area contributed by atoms with Crippen LogP contribution in [0.4, 0.5) is 9.93 Å². The van der Waals surface area contributed by atoms with Crippen LogP contribution < -0.4 is 22.1 Å². The number of rotatable bonds is 9. The molecule has 0 unspecified atom stereocenters. The summed E-state index contributed by atoms with van der Waals surface area (Å²) in [6.07, 6.45) is 6.18. The number of thiazole rings is 1. The molecule has 0 fully saturated rings. The number of nitrogen functional groups attached to an aromatic ring is 1. The van der Waals surface area contributed by atoms with Gasteiger partial charge in [-0.05, 0) is 26.2 Å². The minimum absolute atomic E-state index is 0.150. The molecule has 23 heavy (non-hydrogen) atoms. The molecule has 0 spiro atoms. The van der Waals surface area contributed by atoms with Gasteiger partial charge in [-0.15, -0.1) is 11.3 Å². The quantitative estimate of drug-likeness (QED) is 0.313. The molecule has 0 bridgehead atoms. The van der Waals surface area contributed by atoms with E-state index in [0.29, 0.717) is 18.2 Å². The number of carbonyl (C=O) groups is 1. The topological polar surface area (TPSA) is 118 Å². The highest BCUT2D eigenvalue weighted by Crippen LogP contribution is 2.20. The fourth-order valence-electron chi connectivity index (χ4n) is 2.08. The monoisotopic (exact) mass is 340 g/mol. The lowest BCUT2D eigenvalue weighted by Crippen LogP contribution is -2.43. The largest absolute Gasteiger partial charge is 0.375 e. The van der Waals surface area contributed by atoms with Gasteiger partial charge in [-0.1, -0.05) is 26.2 Å². The number of nitrogens with two attached hydrogens (primary N) is 2. The molecular formula is C15H28N6OS. The Kier molecular flexibility index (Phi) is 9.04. The number of anilines is 1. The minimum Gasteiger partial charge on any atom is -0.375 e. The first-order chi connectivity index (χ1) is 11.0. The molecular weight excluding hydrogens is 312 g/mol. The van der Waals surface area contributed by atoms with E-state index in [0.717, 1.165) is 31.4 Å². The maximum absolute atomic E-state index is 11.6. The number of unbranched alkanes of at least 4 members (excludes halogenated alkanes) is 3. The van der Waals surface area contributed by atoms with E-state index in [-0.39, 0.29) is 12.0 Å². The second-order valence-electron chi connectivity index (χ2n) is 5.37. The predicted molar refractivity (Wildman–Crippen MR) is 96.8 cm³/mol. The lowest BCUT2D eigenvalue weighted by molar-refractivity contribution is 0.245. The average molecular weight is 340 g/mol. The minimum atomic E-state index is -0.297. The standard InChI is InChI=1S/C15H28N6OS/c1-3-4-5-6-9-19-15(22)21-13(16)18-10-7-8-12-11(2)20-14(17)23-12/h3-10H2,1-2H3,(H2,17,20)(H4,16,18,19,21,22). The SMILES string of the molecule is CCCCCCNC(=O)NC(N)=NCCCc1sc(N)nc1C. The van der Waals surface area contributed by atoms with E-state index in [1.807, 2.05) is 6.92 Å². The smallest absolute Gasteiger partial charge is 0.321 e. The normalized spacial score (nSPS) is 11.5. The summed E-state index contributed by atoms with van der Waals surface area (Å²) in [6.45, 7) is 5.32. The number of aliphatic imine (C=N–C) groups is 1. The second-order valence-corrected chi connectivity index (χ2v) is 6.49. The summed E-state index contributed by atoms with van der Waals surface area (Å²) in [5.41, 5.74) is 12.3. The molecule has 0 atom stereocenters. The zero-order chi connectivity index (χ0) is 17.1. The van der Waals surface area contributed by atoms with E-state index in [2.05, 4.69) is 27.5 Å². The molecule has 0 saturated carbocycles. The van der Waals surface area contributed by atoms with Crippen LogP contribution in [0.25, 0.3) is 0 Å². The number of nitrogens with zero attached hydrogens (tertiary/aromatic N) is 2. The summed E-state index contributed by atoms with van der Waals surface area (Å²) in [5.74, 6) is 0.150. The average Bonchev–Trinajstić information content (AvgIpc) is 2.81. The van der Waals surface area contributed by atoms with Gasteiger partial charge in [0.05, 0.1) is 5.69 Å². The van der Waals surface area contributed by atoms with Crippen LogP contribution in [0.2, 0.25) is 0 Å². The first-order valence-electron chi connectivity index (χ1n) is 8.09. The van der Waals surface area contributed by atoms with Crippen molar-refractivity contribution in [1.29, 1.82) is 0 Å². The number of aromatic nitrogens is 1. The molecule has 7 nitrogen and oxygen atoms in total. The molecule has 0 aliphatic heterocycles. The molecule has 1 aromatic heterocycles. The number of guanidine groups is 1. The van der Waals surface area contributed by atoms with Gasteiger partial charge in [0.15, 0.2) is 11.1 Å². The number of hydrogen-bond donors (Lipinski definition) is 4. The van der Waals surface area contributed by atoms with E-state index in [4.69, 9.17) is 11.5 Å². The molecule has 2 amide bonds. The fraction of sp³-hybridized carbons (Fsp3) is 0.667. The van der Waals surface area contributed by atoms with Crippen LogP contribution in [0.5, 0.6) is 0 Å². The Morgan fingerprint density at radius 2 is 2.09 bits per heavy atom. The molecule has 0 aliphatic carbocycles. The number of hydrogen-bond acceptors (Lipinski definition) is 5.